The van der Waals surface area contributed by atoms with E-state index in [1.165, 1.54) is 11.0 Å². The van der Waals surface area contributed by atoms with Crippen LogP contribution in [0.2, 0.25) is 0 Å². The molecule has 2 aromatic heterocycles. The fourth-order valence-electron chi connectivity index (χ4n) is 3.54. The number of aromatic nitrogens is 2. The molecule has 31 heavy (non-hydrogen) atoms. The van der Waals surface area contributed by atoms with Gasteiger partial charge in [-0.15, -0.1) is 11.3 Å². The first kappa shape index (κ1) is 21.0. The summed E-state index contributed by atoms with van der Waals surface area (Å²) in [6.45, 7) is 1.16. The number of carbonyl (C=O) groups excluding carboxylic acids is 3. The third kappa shape index (κ3) is 4.28. The first-order valence-corrected chi connectivity index (χ1v) is 10.8. The van der Waals surface area contributed by atoms with Gasteiger partial charge in [-0.05, 0) is 36.1 Å². The highest BCUT2D eigenvalue weighted by Crippen LogP contribution is 2.26. The zero-order valence-electron chi connectivity index (χ0n) is 17.0. The van der Waals surface area contributed by atoms with Gasteiger partial charge in [-0.1, -0.05) is 6.07 Å². The highest BCUT2D eigenvalue weighted by Gasteiger charge is 2.35. The molecule has 3 heterocycles. The van der Waals surface area contributed by atoms with Gasteiger partial charge in [-0.3, -0.25) is 19.3 Å². The number of fused-ring (bicyclic) bond motifs is 1. The van der Waals surface area contributed by atoms with Crippen LogP contribution in [0.15, 0.2) is 42.0 Å². The normalized spacial score (nSPS) is 13.0. The molecular formula is C22H22N4O4S. The fraction of sp³-hybridized carbons (Fsp3) is 0.273. The SMILES string of the molecule is COCCCN1C(=O)c2ccc(C(=O)NCCc3[nH]cnc3-c3cccs3)cc2C1=O. The highest BCUT2D eigenvalue weighted by molar-refractivity contribution is 7.13. The average Bonchev–Trinajstić information content (AvgIpc) is 3.51. The summed E-state index contributed by atoms with van der Waals surface area (Å²) in [6.07, 6.45) is 2.80. The number of benzene rings is 1. The van der Waals surface area contributed by atoms with Crippen LogP contribution in [0.3, 0.4) is 0 Å². The molecule has 0 unspecified atom stereocenters. The average molecular weight is 439 g/mol. The van der Waals surface area contributed by atoms with Crippen molar-refractivity contribution in [1.82, 2.24) is 20.2 Å². The number of rotatable bonds is 9. The Hall–Kier alpha value is -3.30. The number of hydrogen-bond acceptors (Lipinski definition) is 6. The number of imidazole rings is 1. The highest BCUT2D eigenvalue weighted by atomic mass is 32.1. The molecule has 8 nitrogen and oxygen atoms in total. The Labute approximate surface area is 183 Å². The van der Waals surface area contributed by atoms with Gasteiger partial charge < -0.3 is 15.0 Å². The van der Waals surface area contributed by atoms with Crippen LogP contribution in [0.25, 0.3) is 10.6 Å². The molecule has 3 amide bonds. The number of nitrogens with zero attached hydrogens (tertiary/aromatic N) is 2. The number of aromatic amines is 1. The Kier molecular flexibility index (Phi) is 6.24. The Bertz CT molecular complexity index is 1110. The molecule has 2 N–H and O–H groups in total. The molecule has 1 aliphatic heterocycles. The second kappa shape index (κ2) is 9.23. The lowest BCUT2D eigenvalue weighted by Gasteiger charge is -2.12. The van der Waals surface area contributed by atoms with Gasteiger partial charge >= 0.3 is 0 Å². The first-order valence-electron chi connectivity index (χ1n) is 9.93. The van der Waals surface area contributed by atoms with Crippen LogP contribution in [0.1, 0.15) is 43.2 Å². The zero-order chi connectivity index (χ0) is 21.8. The molecule has 0 saturated carbocycles. The van der Waals surface area contributed by atoms with Crippen molar-refractivity contribution in [2.24, 2.45) is 0 Å². The van der Waals surface area contributed by atoms with E-state index in [1.807, 2.05) is 17.5 Å². The van der Waals surface area contributed by atoms with E-state index in [-0.39, 0.29) is 23.3 Å². The summed E-state index contributed by atoms with van der Waals surface area (Å²) < 4.78 is 4.98. The molecule has 0 bridgehead atoms. The van der Waals surface area contributed by atoms with Gasteiger partial charge in [0, 0.05) is 44.5 Å². The van der Waals surface area contributed by atoms with E-state index in [0.29, 0.717) is 43.7 Å². The maximum Gasteiger partial charge on any atom is 0.261 e. The minimum Gasteiger partial charge on any atom is -0.385 e. The van der Waals surface area contributed by atoms with Crippen molar-refractivity contribution in [3.05, 3.63) is 64.4 Å². The quantitative estimate of drug-likeness (QED) is 0.395. The van der Waals surface area contributed by atoms with Crippen molar-refractivity contribution < 1.29 is 19.1 Å². The van der Waals surface area contributed by atoms with Crippen LogP contribution in [-0.2, 0) is 11.2 Å². The van der Waals surface area contributed by atoms with Crippen molar-refractivity contribution in [3.63, 3.8) is 0 Å². The predicted molar refractivity (Wildman–Crippen MR) is 116 cm³/mol. The minimum atomic E-state index is -0.371. The summed E-state index contributed by atoms with van der Waals surface area (Å²) >= 11 is 1.61. The van der Waals surface area contributed by atoms with Crippen LogP contribution in [-0.4, -0.2) is 59.4 Å². The third-order valence-electron chi connectivity index (χ3n) is 5.10. The third-order valence-corrected chi connectivity index (χ3v) is 5.97. The maximum absolute atomic E-state index is 12.6. The smallest absolute Gasteiger partial charge is 0.261 e. The summed E-state index contributed by atoms with van der Waals surface area (Å²) in [5, 5.41) is 4.86. The topological polar surface area (TPSA) is 104 Å². The summed E-state index contributed by atoms with van der Waals surface area (Å²) in [5.41, 5.74) is 2.78. The molecule has 3 aromatic rings. The number of thiophene rings is 1. The molecule has 4 rings (SSSR count). The van der Waals surface area contributed by atoms with E-state index >= 15 is 0 Å². The summed E-state index contributed by atoms with van der Waals surface area (Å²) in [5.74, 6) is -0.995. The predicted octanol–water partition coefficient (Wildman–Crippen LogP) is 2.74. The number of carbonyl (C=O) groups is 3. The number of nitrogens with one attached hydrogen (secondary N) is 2. The van der Waals surface area contributed by atoms with Gasteiger partial charge in [0.2, 0.25) is 0 Å². The number of hydrogen-bond donors (Lipinski definition) is 2. The molecule has 0 saturated heterocycles. The van der Waals surface area contributed by atoms with Crippen molar-refractivity contribution in [2.75, 3.05) is 26.8 Å². The maximum atomic E-state index is 12.6. The number of H-pyrrole nitrogens is 1. The van der Waals surface area contributed by atoms with Crippen LogP contribution < -0.4 is 5.32 Å². The molecule has 160 valence electrons. The van der Waals surface area contributed by atoms with Crippen LogP contribution in [0.4, 0.5) is 0 Å². The van der Waals surface area contributed by atoms with E-state index in [1.54, 1.807) is 36.9 Å². The molecule has 9 heteroatoms. The standard InChI is InChI=1S/C22H22N4O4S/c1-30-10-3-9-26-21(28)15-6-5-14(12-16(15)22(26)29)20(27)23-8-7-17-19(25-13-24-17)18-4-2-11-31-18/h2,4-6,11-13H,3,7-10H2,1H3,(H,23,27)(H,24,25). The number of ether oxygens (including phenoxy) is 1. The van der Waals surface area contributed by atoms with Crippen molar-refractivity contribution >= 4 is 29.1 Å². The lowest BCUT2D eigenvalue weighted by atomic mass is 10.1. The van der Waals surface area contributed by atoms with Crippen LogP contribution in [0, 0.1) is 0 Å². The second-order valence-corrected chi connectivity index (χ2v) is 8.03. The van der Waals surface area contributed by atoms with E-state index in [0.717, 1.165) is 16.3 Å². The Balaban J connectivity index is 1.38. The van der Waals surface area contributed by atoms with Gasteiger partial charge in [-0.2, -0.15) is 0 Å². The minimum absolute atomic E-state index is 0.267. The molecule has 0 radical (unpaired) electrons. The summed E-state index contributed by atoms with van der Waals surface area (Å²) in [4.78, 5) is 47.5. The molecule has 0 spiro atoms. The van der Waals surface area contributed by atoms with Crippen molar-refractivity contribution in [1.29, 1.82) is 0 Å². The molecular weight excluding hydrogens is 416 g/mol. The van der Waals surface area contributed by atoms with Gasteiger partial charge in [0.25, 0.3) is 17.7 Å². The molecule has 1 aromatic carbocycles. The van der Waals surface area contributed by atoms with Gasteiger partial charge in [0.1, 0.15) is 5.69 Å². The molecule has 0 fully saturated rings. The van der Waals surface area contributed by atoms with E-state index in [9.17, 15) is 14.4 Å². The van der Waals surface area contributed by atoms with Gasteiger partial charge in [0.15, 0.2) is 0 Å². The van der Waals surface area contributed by atoms with Crippen LogP contribution in [0.5, 0.6) is 0 Å². The monoisotopic (exact) mass is 438 g/mol. The molecule has 0 aliphatic carbocycles. The van der Waals surface area contributed by atoms with E-state index in [2.05, 4.69) is 15.3 Å². The lowest BCUT2D eigenvalue weighted by Crippen LogP contribution is -2.31. The molecule has 0 atom stereocenters. The van der Waals surface area contributed by atoms with E-state index in [4.69, 9.17) is 4.74 Å². The number of methoxy groups -OCH3 is 1. The van der Waals surface area contributed by atoms with Gasteiger partial charge in [0.05, 0.1) is 22.3 Å². The second-order valence-electron chi connectivity index (χ2n) is 7.08. The molecule has 1 aliphatic rings. The van der Waals surface area contributed by atoms with Crippen LogP contribution >= 0.6 is 11.3 Å². The zero-order valence-corrected chi connectivity index (χ0v) is 17.8. The Morgan fingerprint density at radius 3 is 2.84 bits per heavy atom. The first-order chi connectivity index (χ1) is 15.1. The summed E-state index contributed by atoms with van der Waals surface area (Å²) in [7, 11) is 1.57. The fourth-order valence-corrected chi connectivity index (χ4v) is 4.29. The van der Waals surface area contributed by atoms with E-state index < -0.39 is 0 Å². The number of amides is 3. The Morgan fingerprint density at radius 1 is 1.23 bits per heavy atom. The van der Waals surface area contributed by atoms with Crippen molar-refractivity contribution in [2.45, 2.75) is 12.8 Å². The Morgan fingerprint density at radius 2 is 2.06 bits per heavy atom. The number of imide groups is 1. The largest absolute Gasteiger partial charge is 0.385 e. The van der Waals surface area contributed by atoms with Gasteiger partial charge in [-0.25, -0.2) is 4.98 Å². The lowest BCUT2D eigenvalue weighted by molar-refractivity contribution is 0.0638. The van der Waals surface area contributed by atoms with Crippen molar-refractivity contribution in [3.8, 4) is 10.6 Å². The summed E-state index contributed by atoms with van der Waals surface area (Å²) in [6, 6.07) is 8.59.